The van der Waals surface area contributed by atoms with E-state index in [1.807, 2.05) is 0 Å². The molecule has 2 aliphatic rings. The van der Waals surface area contributed by atoms with E-state index in [2.05, 4.69) is 0 Å². The summed E-state index contributed by atoms with van der Waals surface area (Å²) in [6.45, 7) is 4.10. The molecule has 0 amide bonds. The minimum Gasteiger partial charge on any atom is -0.512 e. The molecule has 8 nitrogen and oxygen atoms in total. The van der Waals surface area contributed by atoms with Crippen LogP contribution in [0.25, 0.3) is 0 Å². The number of carbonyl (C=O) groups excluding carboxylic acids is 4. The van der Waals surface area contributed by atoms with Crippen LogP contribution in [-0.4, -0.2) is 48.7 Å². The number of aliphatic hydroxyl groups excluding tert-OH is 1. The lowest BCUT2D eigenvalue weighted by atomic mass is 9.78. The van der Waals surface area contributed by atoms with E-state index >= 15 is 0 Å². The van der Waals surface area contributed by atoms with E-state index in [0.717, 1.165) is 6.92 Å². The molecule has 0 saturated carbocycles. The molecular formula is C21H20O8. The first-order chi connectivity index (χ1) is 13.6. The third kappa shape index (κ3) is 3.00. The average Bonchev–Trinajstić information content (AvgIpc) is 2.63. The molecule has 3 rings (SSSR count). The lowest BCUT2D eigenvalue weighted by Gasteiger charge is -2.29. The number of Topliss-reactive ketones (excluding diaryl/α,β-unsaturated/α-hetero) is 3. The van der Waals surface area contributed by atoms with Crippen molar-refractivity contribution in [2.24, 2.45) is 0 Å². The van der Waals surface area contributed by atoms with Gasteiger partial charge in [-0.25, -0.2) is 4.79 Å². The Kier molecular flexibility index (Phi) is 5.04. The van der Waals surface area contributed by atoms with Gasteiger partial charge in [0.15, 0.2) is 11.5 Å². The molecule has 1 atom stereocenters. The molecule has 1 aromatic rings. The molecule has 0 bridgehead atoms. The number of hydrogen-bond donors (Lipinski definition) is 1. The van der Waals surface area contributed by atoms with Gasteiger partial charge in [-0.15, -0.1) is 0 Å². The Balaban J connectivity index is 2.42. The van der Waals surface area contributed by atoms with Gasteiger partial charge in [0.1, 0.15) is 17.6 Å². The molecule has 8 heteroatoms. The molecule has 0 fully saturated rings. The number of esters is 1. The number of rotatable bonds is 4. The number of cyclic esters (lactones) is 1. The molecule has 1 aliphatic heterocycles. The van der Waals surface area contributed by atoms with Crippen molar-refractivity contribution in [3.8, 4) is 5.75 Å². The molecule has 1 heterocycles. The number of ether oxygens (including phenoxy) is 3. The van der Waals surface area contributed by atoms with Crippen LogP contribution in [0.3, 0.4) is 0 Å². The zero-order valence-electron chi connectivity index (χ0n) is 16.7. The number of methoxy groups -OCH3 is 2. The maximum atomic E-state index is 13.4. The van der Waals surface area contributed by atoms with Crippen molar-refractivity contribution < 1.29 is 38.5 Å². The smallest absolute Gasteiger partial charge is 0.339 e. The minimum atomic E-state index is -0.765. The van der Waals surface area contributed by atoms with Gasteiger partial charge >= 0.3 is 5.97 Å². The number of carbonyl (C=O) groups is 4. The van der Waals surface area contributed by atoms with Gasteiger partial charge < -0.3 is 19.3 Å². The predicted octanol–water partition coefficient (Wildman–Crippen LogP) is 2.50. The van der Waals surface area contributed by atoms with E-state index in [1.165, 1.54) is 27.2 Å². The van der Waals surface area contributed by atoms with Crippen molar-refractivity contribution in [2.45, 2.75) is 33.3 Å². The molecule has 1 N–H and O–H groups in total. The van der Waals surface area contributed by atoms with Crippen molar-refractivity contribution in [2.75, 3.05) is 14.2 Å². The molecule has 1 aliphatic carbocycles. The van der Waals surface area contributed by atoms with Crippen molar-refractivity contribution in [1.29, 1.82) is 0 Å². The highest BCUT2D eigenvalue weighted by Crippen LogP contribution is 2.41. The van der Waals surface area contributed by atoms with Crippen LogP contribution in [0.5, 0.6) is 5.75 Å². The minimum absolute atomic E-state index is 0.0140. The summed E-state index contributed by atoms with van der Waals surface area (Å²) in [4.78, 5) is 51.4. The summed E-state index contributed by atoms with van der Waals surface area (Å²) in [5.41, 5.74) is -0.543. The first kappa shape index (κ1) is 20.3. The number of ketones is 3. The van der Waals surface area contributed by atoms with Crippen LogP contribution in [0, 0.1) is 0 Å². The van der Waals surface area contributed by atoms with Crippen LogP contribution in [0.15, 0.2) is 28.7 Å². The second-order valence-corrected chi connectivity index (χ2v) is 6.87. The van der Waals surface area contributed by atoms with E-state index in [-0.39, 0.29) is 33.6 Å². The lowest BCUT2D eigenvalue weighted by Crippen LogP contribution is -2.33. The van der Waals surface area contributed by atoms with Crippen molar-refractivity contribution in [1.82, 2.24) is 0 Å². The molecule has 29 heavy (non-hydrogen) atoms. The molecule has 0 radical (unpaired) electrons. The molecule has 1 unspecified atom stereocenters. The van der Waals surface area contributed by atoms with Crippen LogP contribution in [0.2, 0.25) is 0 Å². The van der Waals surface area contributed by atoms with Gasteiger partial charge in [0.2, 0.25) is 11.6 Å². The molecule has 0 aromatic heterocycles. The third-order valence-electron chi connectivity index (χ3n) is 4.89. The Morgan fingerprint density at radius 1 is 1.07 bits per heavy atom. The Labute approximate surface area is 166 Å². The highest BCUT2D eigenvalue weighted by Gasteiger charge is 2.43. The maximum absolute atomic E-state index is 13.4. The largest absolute Gasteiger partial charge is 0.512 e. The normalized spacial score (nSPS) is 19.2. The quantitative estimate of drug-likeness (QED) is 0.466. The van der Waals surface area contributed by atoms with Gasteiger partial charge in [0, 0.05) is 6.42 Å². The van der Waals surface area contributed by atoms with Crippen LogP contribution < -0.4 is 4.74 Å². The molecule has 152 valence electrons. The zero-order valence-corrected chi connectivity index (χ0v) is 16.7. The van der Waals surface area contributed by atoms with Crippen molar-refractivity contribution >= 4 is 23.3 Å². The van der Waals surface area contributed by atoms with Gasteiger partial charge in [-0.05, 0) is 32.4 Å². The van der Waals surface area contributed by atoms with Gasteiger partial charge in [-0.3, -0.25) is 14.4 Å². The van der Waals surface area contributed by atoms with Gasteiger partial charge in [0.05, 0.1) is 42.1 Å². The fourth-order valence-corrected chi connectivity index (χ4v) is 3.80. The summed E-state index contributed by atoms with van der Waals surface area (Å²) in [6.07, 6.45) is -0.0520. The Hall–Kier alpha value is -3.42. The first-order valence-electron chi connectivity index (χ1n) is 8.87. The van der Waals surface area contributed by atoms with Crippen molar-refractivity contribution in [3.63, 3.8) is 0 Å². The number of hydrogen-bond acceptors (Lipinski definition) is 8. The monoisotopic (exact) mass is 400 g/mol. The average molecular weight is 400 g/mol. The molecule has 0 saturated heterocycles. The predicted molar refractivity (Wildman–Crippen MR) is 100 cm³/mol. The van der Waals surface area contributed by atoms with Crippen LogP contribution in [0.4, 0.5) is 0 Å². The Morgan fingerprint density at radius 2 is 1.72 bits per heavy atom. The van der Waals surface area contributed by atoms with E-state index in [0.29, 0.717) is 12.0 Å². The SMILES string of the molecule is COC1=C(/C(C(C)=O)=C(\C)O)C(=O)c2c(OC)cc3c(c2C1=O)C(=O)OC(C)C3. The molecule has 0 spiro atoms. The number of fused-ring (bicyclic) bond motifs is 3. The topological polar surface area (TPSA) is 116 Å². The van der Waals surface area contributed by atoms with Crippen LogP contribution >= 0.6 is 0 Å². The molecular weight excluding hydrogens is 380 g/mol. The van der Waals surface area contributed by atoms with Crippen LogP contribution in [0.1, 0.15) is 57.4 Å². The van der Waals surface area contributed by atoms with E-state index in [1.54, 1.807) is 6.92 Å². The standard InChI is InChI=1S/C21H20O8/c1-8-6-11-7-12(27-4)15-16(14(11)21(26)29-8)19(25)20(28-5)17(18(15)24)13(9(2)22)10(3)23/h7-8,22H,6H2,1-5H3/b13-9+. The summed E-state index contributed by atoms with van der Waals surface area (Å²) in [5, 5.41) is 9.99. The summed E-state index contributed by atoms with van der Waals surface area (Å²) in [7, 11) is 2.50. The lowest BCUT2D eigenvalue weighted by molar-refractivity contribution is -0.113. The van der Waals surface area contributed by atoms with Gasteiger partial charge in [-0.2, -0.15) is 0 Å². The first-order valence-corrected chi connectivity index (χ1v) is 8.87. The van der Waals surface area contributed by atoms with E-state index in [4.69, 9.17) is 14.2 Å². The Bertz CT molecular complexity index is 1040. The highest BCUT2D eigenvalue weighted by atomic mass is 16.5. The Morgan fingerprint density at radius 3 is 2.24 bits per heavy atom. The number of benzene rings is 1. The summed E-state index contributed by atoms with van der Waals surface area (Å²) < 4.78 is 15.7. The molecule has 1 aromatic carbocycles. The second-order valence-electron chi connectivity index (χ2n) is 6.87. The maximum Gasteiger partial charge on any atom is 0.339 e. The van der Waals surface area contributed by atoms with Crippen molar-refractivity contribution in [3.05, 3.63) is 51.0 Å². The summed E-state index contributed by atoms with van der Waals surface area (Å²) in [5.74, 6) is -3.65. The van der Waals surface area contributed by atoms with E-state index < -0.39 is 40.9 Å². The zero-order chi connectivity index (χ0) is 21.6. The van der Waals surface area contributed by atoms with Gasteiger partial charge in [-0.1, -0.05) is 0 Å². The fraction of sp³-hybridized carbons (Fsp3) is 0.333. The second kappa shape index (κ2) is 7.20. The third-order valence-corrected chi connectivity index (χ3v) is 4.89. The number of aliphatic hydroxyl groups is 1. The number of allylic oxidation sites excluding steroid dienone is 4. The van der Waals surface area contributed by atoms with Gasteiger partial charge in [0.25, 0.3) is 0 Å². The highest BCUT2D eigenvalue weighted by molar-refractivity contribution is 6.33. The van der Waals surface area contributed by atoms with E-state index in [9.17, 15) is 24.3 Å². The summed E-state index contributed by atoms with van der Waals surface area (Å²) in [6, 6.07) is 1.52. The fourth-order valence-electron chi connectivity index (χ4n) is 3.80. The van der Waals surface area contributed by atoms with Crippen LogP contribution in [-0.2, 0) is 20.7 Å². The summed E-state index contributed by atoms with van der Waals surface area (Å²) >= 11 is 0.